The normalized spacial score (nSPS) is 15.1. The molecule has 1 fully saturated rings. The summed E-state index contributed by atoms with van der Waals surface area (Å²) in [5, 5.41) is 19.0. The monoisotopic (exact) mass is 296 g/mol. The average Bonchev–Trinajstić information content (AvgIpc) is 2.82. The van der Waals surface area contributed by atoms with Crippen molar-refractivity contribution in [3.8, 4) is 0 Å². The van der Waals surface area contributed by atoms with Crippen LogP contribution in [0, 0.1) is 0 Å². The summed E-state index contributed by atoms with van der Waals surface area (Å²) in [6, 6.07) is -0.0956. The Labute approximate surface area is 122 Å². The van der Waals surface area contributed by atoms with E-state index < -0.39 is 5.97 Å². The Morgan fingerprint density at radius 3 is 2.76 bits per heavy atom. The minimum absolute atomic E-state index is 0.00174. The van der Waals surface area contributed by atoms with Gasteiger partial charge in [0.25, 0.3) is 0 Å². The van der Waals surface area contributed by atoms with Gasteiger partial charge in [-0.25, -0.2) is 14.3 Å². The van der Waals surface area contributed by atoms with Crippen LogP contribution in [0.3, 0.4) is 0 Å². The number of amides is 2. The lowest BCUT2D eigenvalue weighted by Gasteiger charge is -2.38. The number of rotatable bonds is 6. The zero-order valence-corrected chi connectivity index (χ0v) is 12.2. The van der Waals surface area contributed by atoms with Crippen LogP contribution in [0.25, 0.3) is 0 Å². The zero-order valence-electron chi connectivity index (χ0n) is 12.2. The summed E-state index contributed by atoms with van der Waals surface area (Å²) < 4.78 is 1.50. The standard InChI is InChI=1S/C12H20N6O3/c1-16(2)5-3-4-13-12(21)17-6-9(7-17)18-8-10(11(19)20)14-15-18/h8-9H,3-7H2,1-2H3,(H,13,21)(H,19,20). The molecular formula is C12H20N6O3. The van der Waals surface area contributed by atoms with Crippen molar-refractivity contribution < 1.29 is 14.7 Å². The number of likely N-dealkylation sites (tertiary alicyclic amines) is 1. The van der Waals surface area contributed by atoms with Crippen molar-refractivity contribution in [2.24, 2.45) is 0 Å². The van der Waals surface area contributed by atoms with Gasteiger partial charge in [-0.1, -0.05) is 5.21 Å². The highest BCUT2D eigenvalue weighted by atomic mass is 16.4. The van der Waals surface area contributed by atoms with Crippen molar-refractivity contribution in [1.82, 2.24) is 30.1 Å². The number of urea groups is 1. The van der Waals surface area contributed by atoms with Gasteiger partial charge < -0.3 is 20.2 Å². The summed E-state index contributed by atoms with van der Waals surface area (Å²) in [6.07, 6.45) is 2.29. The lowest BCUT2D eigenvalue weighted by Crippen LogP contribution is -2.54. The minimum atomic E-state index is -1.10. The molecule has 0 saturated carbocycles. The number of hydrogen-bond donors (Lipinski definition) is 2. The van der Waals surface area contributed by atoms with E-state index in [2.05, 4.69) is 20.5 Å². The molecular weight excluding hydrogens is 276 g/mol. The van der Waals surface area contributed by atoms with Crippen LogP contribution in [0.15, 0.2) is 6.20 Å². The molecule has 0 unspecified atom stereocenters. The molecule has 0 aromatic carbocycles. The summed E-state index contributed by atoms with van der Waals surface area (Å²) in [4.78, 5) is 26.3. The van der Waals surface area contributed by atoms with Gasteiger partial charge in [-0.2, -0.15) is 0 Å². The first-order valence-corrected chi connectivity index (χ1v) is 6.80. The largest absolute Gasteiger partial charge is 0.476 e. The van der Waals surface area contributed by atoms with Crippen LogP contribution in [0.4, 0.5) is 4.79 Å². The molecule has 9 nitrogen and oxygen atoms in total. The van der Waals surface area contributed by atoms with Crippen molar-refractivity contribution >= 4 is 12.0 Å². The van der Waals surface area contributed by atoms with Gasteiger partial charge in [0.1, 0.15) is 0 Å². The summed E-state index contributed by atoms with van der Waals surface area (Å²) >= 11 is 0. The first-order chi connectivity index (χ1) is 9.97. The summed E-state index contributed by atoms with van der Waals surface area (Å²) in [5.74, 6) is -1.10. The third-order valence-electron chi connectivity index (χ3n) is 3.31. The van der Waals surface area contributed by atoms with E-state index in [-0.39, 0.29) is 17.8 Å². The van der Waals surface area contributed by atoms with Crippen molar-refractivity contribution in [2.75, 3.05) is 40.3 Å². The van der Waals surface area contributed by atoms with Gasteiger partial charge in [0.2, 0.25) is 0 Å². The van der Waals surface area contributed by atoms with Gasteiger partial charge in [0.15, 0.2) is 5.69 Å². The van der Waals surface area contributed by atoms with E-state index in [1.54, 1.807) is 4.90 Å². The van der Waals surface area contributed by atoms with Crippen LogP contribution in [-0.4, -0.2) is 82.2 Å². The second kappa shape index (κ2) is 6.53. The number of carboxylic acids is 1. The van der Waals surface area contributed by atoms with Crippen LogP contribution < -0.4 is 5.32 Å². The number of carbonyl (C=O) groups excluding carboxylic acids is 1. The molecule has 2 amide bonds. The van der Waals surface area contributed by atoms with Crippen LogP contribution >= 0.6 is 0 Å². The van der Waals surface area contributed by atoms with E-state index >= 15 is 0 Å². The summed E-state index contributed by atoms with van der Waals surface area (Å²) in [6.45, 7) is 2.61. The lowest BCUT2D eigenvalue weighted by molar-refractivity contribution is 0.0690. The quantitative estimate of drug-likeness (QED) is 0.686. The van der Waals surface area contributed by atoms with Gasteiger partial charge in [0.05, 0.1) is 12.2 Å². The maximum absolute atomic E-state index is 11.8. The number of carbonyl (C=O) groups is 2. The molecule has 1 aliphatic heterocycles. The smallest absolute Gasteiger partial charge is 0.358 e. The van der Waals surface area contributed by atoms with Crippen molar-refractivity contribution in [3.63, 3.8) is 0 Å². The van der Waals surface area contributed by atoms with Crippen LogP contribution in [0.5, 0.6) is 0 Å². The zero-order chi connectivity index (χ0) is 15.4. The van der Waals surface area contributed by atoms with Crippen LogP contribution in [0.1, 0.15) is 23.0 Å². The lowest BCUT2D eigenvalue weighted by atomic mass is 10.1. The Balaban J connectivity index is 1.70. The Bertz CT molecular complexity index is 509. The first-order valence-electron chi connectivity index (χ1n) is 6.80. The molecule has 1 aromatic rings. The fraction of sp³-hybridized carbons (Fsp3) is 0.667. The molecule has 0 bridgehead atoms. The molecule has 1 aromatic heterocycles. The second-order valence-electron chi connectivity index (χ2n) is 5.34. The van der Waals surface area contributed by atoms with E-state index in [0.29, 0.717) is 19.6 Å². The molecule has 0 spiro atoms. The molecule has 1 saturated heterocycles. The van der Waals surface area contributed by atoms with Gasteiger partial charge in [-0.3, -0.25) is 0 Å². The Morgan fingerprint density at radius 1 is 1.48 bits per heavy atom. The predicted molar refractivity (Wildman–Crippen MR) is 74.2 cm³/mol. The van der Waals surface area contributed by atoms with E-state index in [4.69, 9.17) is 5.11 Å². The summed E-state index contributed by atoms with van der Waals surface area (Å²) in [5.41, 5.74) is -0.0819. The molecule has 1 aliphatic rings. The van der Waals surface area contributed by atoms with Gasteiger partial charge in [-0.05, 0) is 27.1 Å². The van der Waals surface area contributed by atoms with E-state index in [1.165, 1.54) is 10.9 Å². The van der Waals surface area contributed by atoms with Crippen molar-refractivity contribution in [2.45, 2.75) is 12.5 Å². The number of aromatic nitrogens is 3. The van der Waals surface area contributed by atoms with Crippen LogP contribution in [-0.2, 0) is 0 Å². The van der Waals surface area contributed by atoms with E-state index in [0.717, 1.165) is 13.0 Å². The van der Waals surface area contributed by atoms with E-state index in [1.807, 2.05) is 14.1 Å². The second-order valence-corrected chi connectivity index (χ2v) is 5.34. The Hall–Kier alpha value is -2.16. The number of aromatic carboxylic acids is 1. The van der Waals surface area contributed by atoms with Crippen LogP contribution in [0.2, 0.25) is 0 Å². The number of nitrogens with zero attached hydrogens (tertiary/aromatic N) is 5. The molecule has 116 valence electrons. The molecule has 0 radical (unpaired) electrons. The Kier molecular flexibility index (Phi) is 4.73. The molecule has 9 heteroatoms. The predicted octanol–water partition coefficient (Wildman–Crippen LogP) is -0.506. The van der Waals surface area contributed by atoms with E-state index in [9.17, 15) is 9.59 Å². The Morgan fingerprint density at radius 2 is 2.19 bits per heavy atom. The number of carboxylic acid groups (broad SMARTS) is 1. The highest BCUT2D eigenvalue weighted by Crippen LogP contribution is 2.20. The summed E-state index contributed by atoms with van der Waals surface area (Å²) in [7, 11) is 3.98. The SMILES string of the molecule is CN(C)CCCNC(=O)N1CC(n2cc(C(=O)O)nn2)C1. The minimum Gasteiger partial charge on any atom is -0.476 e. The molecule has 0 aliphatic carbocycles. The molecule has 2 heterocycles. The number of hydrogen-bond acceptors (Lipinski definition) is 5. The number of nitrogens with one attached hydrogen (secondary N) is 1. The van der Waals surface area contributed by atoms with Crippen molar-refractivity contribution in [3.05, 3.63) is 11.9 Å². The molecule has 2 N–H and O–H groups in total. The molecule has 2 rings (SSSR count). The van der Waals surface area contributed by atoms with Crippen molar-refractivity contribution in [1.29, 1.82) is 0 Å². The van der Waals surface area contributed by atoms with Gasteiger partial charge in [0, 0.05) is 19.6 Å². The topological polar surface area (TPSA) is 104 Å². The molecule has 0 atom stereocenters. The first kappa shape index (κ1) is 15.2. The van der Waals surface area contributed by atoms with Gasteiger partial charge in [-0.15, -0.1) is 5.10 Å². The highest BCUT2D eigenvalue weighted by Gasteiger charge is 2.32. The maximum Gasteiger partial charge on any atom is 0.358 e. The average molecular weight is 296 g/mol. The third kappa shape index (κ3) is 3.91. The fourth-order valence-electron chi connectivity index (χ4n) is 2.04. The third-order valence-corrected chi connectivity index (χ3v) is 3.31. The maximum atomic E-state index is 11.8. The van der Waals surface area contributed by atoms with Gasteiger partial charge >= 0.3 is 12.0 Å². The highest BCUT2D eigenvalue weighted by molar-refractivity contribution is 5.84. The molecule has 21 heavy (non-hydrogen) atoms. The fourth-order valence-corrected chi connectivity index (χ4v) is 2.04.